The van der Waals surface area contributed by atoms with Crippen LogP contribution < -0.4 is 4.74 Å². The van der Waals surface area contributed by atoms with Crippen molar-refractivity contribution < 1.29 is 31.1 Å². The molecule has 142 valence electrons. The number of hydrogen-bond donors (Lipinski definition) is 0. The lowest BCUT2D eigenvalue weighted by Crippen LogP contribution is -2.38. The normalized spacial score (nSPS) is 11.5. The van der Waals surface area contributed by atoms with Crippen LogP contribution >= 0.6 is 0 Å². The number of ether oxygens (including phenoxy) is 1. The van der Waals surface area contributed by atoms with Crippen LogP contribution in [0.15, 0.2) is 53.4 Å². The van der Waals surface area contributed by atoms with Crippen LogP contribution in [0.4, 0.5) is 13.2 Å². The molecule has 0 heterocycles. The van der Waals surface area contributed by atoms with Crippen LogP contribution in [0.5, 0.6) is 5.75 Å². The highest BCUT2D eigenvalue weighted by atomic mass is 32.2. The van der Waals surface area contributed by atoms with E-state index in [1.54, 1.807) is 0 Å². The van der Waals surface area contributed by atoms with E-state index in [9.17, 15) is 26.4 Å². The van der Waals surface area contributed by atoms with Gasteiger partial charge in [-0.3, -0.25) is 4.79 Å². The number of carbonyl (C=O) groups excluding carboxylic acids is 1. The summed E-state index contributed by atoms with van der Waals surface area (Å²) in [6, 6.07) is 9.07. The summed E-state index contributed by atoms with van der Waals surface area (Å²) in [4.78, 5) is 12.4. The maximum Gasteiger partial charge on any atom is 0.417 e. The molecule has 2 aromatic carbocycles. The molecule has 0 radical (unpaired) electrons. The Bertz CT molecular complexity index is 994. The summed E-state index contributed by atoms with van der Waals surface area (Å²) in [5.74, 6) is 0.817. The summed E-state index contributed by atoms with van der Waals surface area (Å²) in [5, 5.41) is 0. The van der Waals surface area contributed by atoms with Gasteiger partial charge in [-0.05, 0) is 24.3 Å². The highest BCUT2D eigenvalue weighted by molar-refractivity contribution is 7.89. The smallest absolute Gasteiger partial charge is 0.417 e. The van der Waals surface area contributed by atoms with Crippen molar-refractivity contribution in [3.8, 4) is 18.1 Å². The van der Waals surface area contributed by atoms with E-state index in [0.29, 0.717) is 6.07 Å². The monoisotopic (exact) mass is 397 g/mol. The van der Waals surface area contributed by atoms with E-state index in [2.05, 4.69) is 0 Å². The van der Waals surface area contributed by atoms with Crippen LogP contribution in [0.2, 0.25) is 0 Å². The molecule has 0 spiro atoms. The lowest BCUT2D eigenvalue weighted by molar-refractivity contribution is -0.138. The van der Waals surface area contributed by atoms with Crippen LogP contribution in [0.1, 0.15) is 15.9 Å². The lowest BCUT2D eigenvalue weighted by atomic mass is 10.1. The highest BCUT2D eigenvalue weighted by Crippen LogP contribution is 2.33. The molecule has 0 aliphatic heterocycles. The molecular weight excluding hydrogens is 383 g/mol. The fourth-order valence-corrected chi connectivity index (χ4v) is 3.62. The third kappa shape index (κ3) is 4.23. The van der Waals surface area contributed by atoms with E-state index in [4.69, 9.17) is 11.2 Å². The van der Waals surface area contributed by atoms with Crippen molar-refractivity contribution in [1.82, 2.24) is 4.31 Å². The average molecular weight is 397 g/mol. The molecule has 27 heavy (non-hydrogen) atoms. The summed E-state index contributed by atoms with van der Waals surface area (Å²) in [7, 11) is -3.20. The molecule has 5 nitrogen and oxygen atoms in total. The van der Waals surface area contributed by atoms with Crippen LogP contribution in [0.3, 0.4) is 0 Å². The molecule has 9 heteroatoms. The first kappa shape index (κ1) is 20.3. The summed E-state index contributed by atoms with van der Waals surface area (Å²) < 4.78 is 70.4. The summed E-state index contributed by atoms with van der Waals surface area (Å²) in [6.07, 6.45) is 0.305. The maximum atomic E-state index is 13.2. The quantitative estimate of drug-likeness (QED) is 0.727. The Morgan fingerprint density at radius 3 is 2.44 bits per heavy atom. The van der Waals surface area contributed by atoms with Crippen molar-refractivity contribution >= 4 is 15.9 Å². The summed E-state index contributed by atoms with van der Waals surface area (Å²) in [6.45, 7) is -0.732. The SMILES string of the molecule is C#CCN(C(=O)c1ccccc1C(F)(F)F)S(=O)(=O)c1cccc(OC)c1. The molecule has 0 aliphatic carbocycles. The molecule has 0 aromatic heterocycles. The molecular formula is C18H14F3NO4S. The largest absolute Gasteiger partial charge is 0.497 e. The van der Waals surface area contributed by atoms with Crippen molar-refractivity contribution in [2.45, 2.75) is 11.1 Å². The zero-order chi connectivity index (χ0) is 20.2. The van der Waals surface area contributed by atoms with E-state index >= 15 is 0 Å². The maximum absolute atomic E-state index is 13.2. The minimum absolute atomic E-state index is 0.194. The number of alkyl halides is 3. The minimum Gasteiger partial charge on any atom is -0.497 e. The minimum atomic E-state index is -4.84. The number of methoxy groups -OCH3 is 1. The van der Waals surface area contributed by atoms with Gasteiger partial charge in [0.05, 0.1) is 29.7 Å². The molecule has 0 saturated carbocycles. The van der Waals surface area contributed by atoms with Gasteiger partial charge in [0.1, 0.15) is 5.75 Å². The topological polar surface area (TPSA) is 63.7 Å². The van der Waals surface area contributed by atoms with Crippen LogP contribution in [-0.2, 0) is 16.2 Å². The molecule has 0 fully saturated rings. The molecule has 2 rings (SSSR count). The molecule has 0 aliphatic rings. The lowest BCUT2D eigenvalue weighted by Gasteiger charge is -2.22. The first-order valence-electron chi connectivity index (χ1n) is 7.43. The van der Waals surface area contributed by atoms with E-state index in [1.165, 1.54) is 31.4 Å². The number of hydrogen-bond acceptors (Lipinski definition) is 4. The van der Waals surface area contributed by atoms with Crippen molar-refractivity contribution in [3.63, 3.8) is 0 Å². The Morgan fingerprint density at radius 1 is 1.19 bits per heavy atom. The molecule has 0 unspecified atom stereocenters. The Labute approximate surface area is 154 Å². The number of sulfonamides is 1. The average Bonchev–Trinajstić information content (AvgIpc) is 2.64. The van der Waals surface area contributed by atoms with Crippen molar-refractivity contribution in [2.75, 3.05) is 13.7 Å². The number of halogens is 3. The predicted molar refractivity (Wildman–Crippen MR) is 91.5 cm³/mol. The van der Waals surface area contributed by atoms with Crippen LogP contribution in [0, 0.1) is 12.3 Å². The molecule has 1 amide bonds. The first-order valence-corrected chi connectivity index (χ1v) is 8.87. The Morgan fingerprint density at radius 2 is 1.85 bits per heavy atom. The predicted octanol–water partition coefficient (Wildman–Crippen LogP) is 3.18. The zero-order valence-corrected chi connectivity index (χ0v) is 14.8. The second kappa shape index (κ2) is 7.72. The van der Waals surface area contributed by atoms with Gasteiger partial charge in [0.25, 0.3) is 15.9 Å². The van der Waals surface area contributed by atoms with E-state index in [0.717, 1.165) is 18.2 Å². The second-order valence-corrected chi connectivity index (χ2v) is 7.11. The first-order chi connectivity index (χ1) is 12.6. The fraction of sp³-hybridized carbons (Fsp3) is 0.167. The van der Waals surface area contributed by atoms with Gasteiger partial charge in [0.2, 0.25) is 0 Å². The second-order valence-electron chi connectivity index (χ2n) is 5.24. The van der Waals surface area contributed by atoms with Crippen molar-refractivity contribution in [2.24, 2.45) is 0 Å². The number of amides is 1. The van der Waals surface area contributed by atoms with Crippen LogP contribution in [0.25, 0.3) is 0 Å². The fourth-order valence-electron chi connectivity index (χ4n) is 2.29. The molecule has 0 bridgehead atoms. The van der Waals surface area contributed by atoms with Gasteiger partial charge in [-0.2, -0.15) is 13.2 Å². The van der Waals surface area contributed by atoms with Gasteiger partial charge >= 0.3 is 6.18 Å². The number of carbonyl (C=O) groups is 1. The number of benzene rings is 2. The number of terminal acetylenes is 1. The molecule has 0 atom stereocenters. The Kier molecular flexibility index (Phi) is 5.81. The summed E-state index contributed by atoms with van der Waals surface area (Å²) >= 11 is 0. The van der Waals surface area contributed by atoms with Gasteiger partial charge in [0.15, 0.2) is 0 Å². The van der Waals surface area contributed by atoms with Gasteiger partial charge < -0.3 is 4.74 Å². The standard InChI is InChI=1S/C18H14F3NO4S/c1-3-11-22(27(24,25)14-8-6-7-13(12-14)26-2)17(23)15-9-4-5-10-16(15)18(19,20)21/h1,4-10,12H,11H2,2H3. The third-order valence-corrected chi connectivity index (χ3v) is 5.28. The van der Waals surface area contributed by atoms with Gasteiger partial charge in [-0.15, -0.1) is 6.42 Å². The molecule has 0 N–H and O–H groups in total. The van der Waals surface area contributed by atoms with Gasteiger partial charge in [0, 0.05) is 6.07 Å². The zero-order valence-electron chi connectivity index (χ0n) is 14.0. The van der Waals surface area contributed by atoms with E-state index in [-0.39, 0.29) is 15.0 Å². The highest BCUT2D eigenvalue weighted by Gasteiger charge is 2.38. The third-order valence-electron chi connectivity index (χ3n) is 3.55. The Balaban J connectivity index is 2.58. The Hall–Kier alpha value is -2.99. The van der Waals surface area contributed by atoms with Crippen molar-refractivity contribution in [1.29, 1.82) is 0 Å². The van der Waals surface area contributed by atoms with E-state index < -0.39 is 39.8 Å². The van der Waals surface area contributed by atoms with Crippen molar-refractivity contribution in [3.05, 3.63) is 59.7 Å². The number of nitrogens with zero attached hydrogens (tertiary/aromatic N) is 1. The van der Waals surface area contributed by atoms with Gasteiger partial charge in [-0.1, -0.05) is 24.1 Å². The summed E-state index contributed by atoms with van der Waals surface area (Å²) in [5.41, 5.74) is -2.07. The molecule has 2 aromatic rings. The van der Waals surface area contributed by atoms with Gasteiger partial charge in [-0.25, -0.2) is 12.7 Å². The van der Waals surface area contributed by atoms with Crippen LogP contribution in [-0.4, -0.2) is 32.3 Å². The molecule has 0 saturated heterocycles. The van der Waals surface area contributed by atoms with E-state index in [1.807, 2.05) is 5.92 Å². The number of rotatable bonds is 5.